The Morgan fingerprint density at radius 3 is 2.85 bits per heavy atom. The fourth-order valence-electron chi connectivity index (χ4n) is 4.96. The minimum atomic E-state index is -0.0617. The average molecular weight is 366 g/mol. The molecule has 4 heterocycles. The molecule has 27 heavy (non-hydrogen) atoms. The first-order chi connectivity index (χ1) is 13.2. The van der Waals surface area contributed by atoms with Crippen molar-refractivity contribution in [1.82, 2.24) is 20.4 Å². The Hall–Kier alpha value is -2.18. The number of carbonyl (C=O) groups is 1. The summed E-state index contributed by atoms with van der Waals surface area (Å²) in [5.74, 6) is -0.0617. The van der Waals surface area contributed by atoms with Gasteiger partial charge in [0.05, 0.1) is 18.7 Å². The molecule has 0 spiro atoms. The molecule has 0 saturated carbocycles. The Kier molecular flexibility index (Phi) is 4.25. The fraction of sp³-hybridized carbons (Fsp3) is 0.524. The average Bonchev–Trinajstić information content (AvgIpc) is 3.19. The lowest BCUT2D eigenvalue weighted by Gasteiger charge is -2.36. The number of ether oxygens (including phenoxy) is 1. The lowest BCUT2D eigenvalue weighted by molar-refractivity contribution is 0.0879. The van der Waals surface area contributed by atoms with Crippen molar-refractivity contribution in [3.63, 3.8) is 0 Å². The highest BCUT2D eigenvalue weighted by Gasteiger charge is 2.39. The molecule has 6 heteroatoms. The summed E-state index contributed by atoms with van der Waals surface area (Å²) in [5, 5.41) is 11.5. The molecule has 3 aliphatic rings. The first-order valence-corrected chi connectivity index (χ1v) is 9.97. The second-order valence-corrected chi connectivity index (χ2v) is 8.08. The van der Waals surface area contributed by atoms with Crippen LogP contribution in [-0.2, 0) is 4.74 Å². The standard InChI is InChI=1S/C21H26N4O2/c1-25-16-3-4-17(25)12-15(11-16)22-21(26)20-18-10-14(2-5-19(18)23-24-20)13-6-8-27-9-7-13/h2,5-6,10,15-17H,3-4,7-9,11-12H2,1H3,(H,22,26)(H,23,24). The van der Waals surface area contributed by atoms with Crippen LogP contribution in [0.4, 0.5) is 0 Å². The molecular formula is C21H26N4O2. The Bertz CT molecular complexity index is 889. The van der Waals surface area contributed by atoms with Gasteiger partial charge >= 0.3 is 0 Å². The van der Waals surface area contributed by atoms with Gasteiger partial charge in [-0.25, -0.2) is 0 Å². The predicted octanol–water partition coefficient (Wildman–Crippen LogP) is 2.72. The Morgan fingerprint density at radius 1 is 1.30 bits per heavy atom. The molecule has 6 nitrogen and oxygen atoms in total. The van der Waals surface area contributed by atoms with Crippen LogP contribution in [0.1, 0.15) is 48.2 Å². The third-order valence-corrected chi connectivity index (χ3v) is 6.55. The predicted molar refractivity (Wildman–Crippen MR) is 105 cm³/mol. The lowest BCUT2D eigenvalue weighted by atomic mass is 9.97. The molecular weight excluding hydrogens is 340 g/mol. The van der Waals surface area contributed by atoms with E-state index < -0.39 is 0 Å². The van der Waals surface area contributed by atoms with Crippen LogP contribution < -0.4 is 5.32 Å². The molecule has 1 amide bonds. The van der Waals surface area contributed by atoms with Gasteiger partial charge in [-0.3, -0.25) is 9.89 Å². The molecule has 2 aromatic rings. The van der Waals surface area contributed by atoms with E-state index in [0.29, 0.717) is 24.4 Å². The van der Waals surface area contributed by atoms with E-state index in [1.807, 2.05) is 6.07 Å². The maximum absolute atomic E-state index is 12.9. The van der Waals surface area contributed by atoms with Crippen LogP contribution in [0.25, 0.3) is 16.5 Å². The third kappa shape index (κ3) is 3.07. The number of nitrogens with one attached hydrogen (secondary N) is 2. The van der Waals surface area contributed by atoms with E-state index >= 15 is 0 Å². The topological polar surface area (TPSA) is 70.2 Å². The summed E-state index contributed by atoms with van der Waals surface area (Å²) >= 11 is 0. The number of rotatable bonds is 3. The van der Waals surface area contributed by atoms with Gasteiger partial charge in [0.25, 0.3) is 5.91 Å². The normalized spacial score (nSPS) is 28.3. The maximum atomic E-state index is 12.9. The molecule has 1 aromatic heterocycles. The molecule has 0 aliphatic carbocycles. The summed E-state index contributed by atoms with van der Waals surface area (Å²) in [6, 6.07) is 7.66. The molecule has 2 bridgehead atoms. The van der Waals surface area contributed by atoms with Crippen molar-refractivity contribution in [1.29, 1.82) is 0 Å². The number of hydrogen-bond donors (Lipinski definition) is 2. The van der Waals surface area contributed by atoms with E-state index in [2.05, 4.69) is 45.7 Å². The number of amides is 1. The summed E-state index contributed by atoms with van der Waals surface area (Å²) in [6.45, 7) is 1.41. The Morgan fingerprint density at radius 2 is 2.11 bits per heavy atom. The lowest BCUT2D eigenvalue weighted by Crippen LogP contribution is -2.48. The fourth-order valence-corrected chi connectivity index (χ4v) is 4.96. The molecule has 142 valence electrons. The number of fused-ring (bicyclic) bond motifs is 3. The van der Waals surface area contributed by atoms with Crippen molar-refractivity contribution in [2.24, 2.45) is 0 Å². The Labute approximate surface area is 158 Å². The van der Waals surface area contributed by atoms with Gasteiger partial charge < -0.3 is 15.0 Å². The molecule has 0 radical (unpaired) electrons. The maximum Gasteiger partial charge on any atom is 0.272 e. The number of H-pyrrole nitrogens is 1. The van der Waals surface area contributed by atoms with E-state index in [1.165, 1.54) is 18.4 Å². The van der Waals surface area contributed by atoms with Gasteiger partial charge in [-0.1, -0.05) is 12.1 Å². The zero-order valence-electron chi connectivity index (χ0n) is 15.7. The monoisotopic (exact) mass is 366 g/mol. The van der Waals surface area contributed by atoms with Gasteiger partial charge in [0.1, 0.15) is 0 Å². The highest BCUT2D eigenvalue weighted by atomic mass is 16.5. The van der Waals surface area contributed by atoms with Gasteiger partial charge in [0.2, 0.25) is 0 Å². The van der Waals surface area contributed by atoms with Crippen molar-refractivity contribution in [2.45, 2.75) is 50.2 Å². The SMILES string of the molecule is CN1C2CCC1CC(NC(=O)c1n[nH]c3ccc(C4=CCOCC4)cc13)C2. The van der Waals surface area contributed by atoms with Crippen LogP contribution in [0.15, 0.2) is 24.3 Å². The van der Waals surface area contributed by atoms with Crippen LogP contribution >= 0.6 is 0 Å². The van der Waals surface area contributed by atoms with Gasteiger partial charge in [0.15, 0.2) is 5.69 Å². The van der Waals surface area contributed by atoms with Crippen molar-refractivity contribution >= 4 is 22.4 Å². The van der Waals surface area contributed by atoms with E-state index in [9.17, 15) is 4.79 Å². The molecule has 3 aliphatic heterocycles. The van der Waals surface area contributed by atoms with E-state index in [0.717, 1.165) is 42.3 Å². The summed E-state index contributed by atoms with van der Waals surface area (Å²) in [6.07, 6.45) is 7.61. The largest absolute Gasteiger partial charge is 0.377 e. The highest BCUT2D eigenvalue weighted by molar-refractivity contribution is 6.05. The van der Waals surface area contributed by atoms with Crippen LogP contribution in [0, 0.1) is 0 Å². The molecule has 5 rings (SSSR count). The molecule has 2 fully saturated rings. The smallest absolute Gasteiger partial charge is 0.272 e. The van der Waals surface area contributed by atoms with E-state index in [1.54, 1.807) is 0 Å². The van der Waals surface area contributed by atoms with Crippen molar-refractivity contribution in [3.05, 3.63) is 35.5 Å². The molecule has 2 atom stereocenters. The van der Waals surface area contributed by atoms with E-state index in [-0.39, 0.29) is 11.9 Å². The van der Waals surface area contributed by atoms with Crippen molar-refractivity contribution < 1.29 is 9.53 Å². The minimum absolute atomic E-state index is 0.0617. The summed E-state index contributed by atoms with van der Waals surface area (Å²) < 4.78 is 5.41. The molecule has 2 unspecified atom stereocenters. The number of carbonyl (C=O) groups excluding carboxylic acids is 1. The summed E-state index contributed by atoms with van der Waals surface area (Å²) in [5.41, 5.74) is 3.84. The van der Waals surface area contributed by atoms with Gasteiger partial charge in [-0.05, 0) is 62.4 Å². The van der Waals surface area contributed by atoms with Gasteiger partial charge in [-0.2, -0.15) is 5.10 Å². The number of hydrogen-bond acceptors (Lipinski definition) is 4. The summed E-state index contributed by atoms with van der Waals surface area (Å²) in [4.78, 5) is 15.4. The second-order valence-electron chi connectivity index (χ2n) is 8.08. The number of benzene rings is 1. The van der Waals surface area contributed by atoms with Crippen LogP contribution in [-0.4, -0.2) is 59.4 Å². The first-order valence-electron chi connectivity index (χ1n) is 9.97. The van der Waals surface area contributed by atoms with Gasteiger partial charge in [-0.15, -0.1) is 0 Å². The van der Waals surface area contributed by atoms with Crippen molar-refractivity contribution in [2.75, 3.05) is 20.3 Å². The van der Waals surface area contributed by atoms with Crippen LogP contribution in [0.2, 0.25) is 0 Å². The number of piperidine rings is 1. The second kappa shape index (κ2) is 6.77. The third-order valence-electron chi connectivity index (χ3n) is 6.55. The quantitative estimate of drug-likeness (QED) is 0.876. The van der Waals surface area contributed by atoms with Crippen molar-refractivity contribution in [3.8, 4) is 0 Å². The minimum Gasteiger partial charge on any atom is -0.377 e. The molecule has 2 saturated heterocycles. The van der Waals surface area contributed by atoms with Gasteiger partial charge in [0, 0.05) is 23.5 Å². The first kappa shape index (κ1) is 17.0. The zero-order chi connectivity index (χ0) is 18.4. The number of aromatic nitrogens is 2. The van der Waals surface area contributed by atoms with Crippen LogP contribution in [0.5, 0.6) is 0 Å². The molecule has 2 N–H and O–H groups in total. The summed E-state index contributed by atoms with van der Waals surface area (Å²) in [7, 11) is 2.22. The zero-order valence-corrected chi connectivity index (χ0v) is 15.7. The Balaban J connectivity index is 1.38. The number of nitrogens with zero attached hydrogens (tertiary/aromatic N) is 2. The highest BCUT2D eigenvalue weighted by Crippen LogP contribution is 2.34. The van der Waals surface area contributed by atoms with E-state index in [4.69, 9.17) is 4.74 Å². The molecule has 1 aromatic carbocycles. The van der Waals surface area contributed by atoms with Crippen LogP contribution in [0.3, 0.4) is 0 Å². The number of aromatic amines is 1.